The van der Waals surface area contributed by atoms with Crippen LogP contribution in [0.1, 0.15) is 20.7 Å². The lowest BCUT2D eigenvalue weighted by Crippen LogP contribution is -2.26. The first-order chi connectivity index (χ1) is 6.43. The molecule has 0 heterocycles. The number of carbonyl (C=O) groups is 2. The van der Waals surface area contributed by atoms with Gasteiger partial charge >= 0.3 is 0 Å². The molecule has 0 radical (unpaired) electrons. The predicted octanol–water partition coefficient (Wildman–Crippen LogP) is -1.35. The van der Waals surface area contributed by atoms with Crippen molar-refractivity contribution in [2.24, 2.45) is 0 Å². The fraction of sp³-hybridized carbons (Fsp3) is 0. The summed E-state index contributed by atoms with van der Waals surface area (Å²) in [5, 5.41) is 20.6. The van der Waals surface area contributed by atoms with E-state index in [1.165, 1.54) is 0 Å². The number of carboxylic acid groups (broad SMARTS) is 2. The Hall–Kier alpha value is -1.75. The van der Waals surface area contributed by atoms with Gasteiger partial charge in [0.15, 0.2) is 0 Å². The molecule has 0 bridgehead atoms. The highest BCUT2D eigenvalue weighted by Crippen LogP contribution is 2.22. The van der Waals surface area contributed by atoms with Crippen LogP contribution < -0.4 is 15.9 Å². The van der Waals surface area contributed by atoms with Crippen LogP contribution in [0, 0.1) is 0 Å². The van der Waals surface area contributed by atoms with Gasteiger partial charge in [0.05, 0.1) is 17.0 Å². The van der Waals surface area contributed by atoms with Crippen LogP contribution in [0.2, 0.25) is 5.02 Å². The van der Waals surface area contributed by atoms with Crippen molar-refractivity contribution >= 4 is 29.2 Å². The number of benzene rings is 1. The smallest absolute Gasteiger partial charge is 0.0736 e. The summed E-state index contributed by atoms with van der Waals surface area (Å²) in [6.45, 7) is 0. The van der Waals surface area contributed by atoms with Crippen LogP contribution in [0.5, 0.6) is 0 Å². The molecule has 5 nitrogen and oxygen atoms in total. The van der Waals surface area contributed by atoms with Crippen LogP contribution in [0.3, 0.4) is 0 Å². The van der Waals surface area contributed by atoms with E-state index >= 15 is 0 Å². The molecule has 0 saturated carbocycles. The fourth-order valence-corrected chi connectivity index (χ4v) is 1.16. The number of halogens is 1. The molecule has 0 saturated heterocycles. The summed E-state index contributed by atoms with van der Waals surface area (Å²) in [6.07, 6.45) is 0. The number of hydrogen-bond donors (Lipinski definition) is 1. The summed E-state index contributed by atoms with van der Waals surface area (Å²) in [4.78, 5) is 20.9. The van der Waals surface area contributed by atoms with E-state index in [1.807, 2.05) is 0 Å². The van der Waals surface area contributed by atoms with Crippen LogP contribution in [0.25, 0.3) is 0 Å². The number of aromatic carboxylic acids is 2. The summed E-state index contributed by atoms with van der Waals surface area (Å²) in [6, 6.07) is 1.83. The van der Waals surface area contributed by atoms with Gasteiger partial charge in [-0.25, -0.2) is 0 Å². The predicted molar refractivity (Wildman–Crippen MR) is 44.5 cm³/mol. The first-order valence-corrected chi connectivity index (χ1v) is 3.83. The van der Waals surface area contributed by atoms with Crippen LogP contribution >= 0.6 is 11.6 Å². The average molecular weight is 214 g/mol. The summed E-state index contributed by atoms with van der Waals surface area (Å²) in [5.74, 6) is -3.04. The van der Waals surface area contributed by atoms with Crippen molar-refractivity contribution in [2.75, 3.05) is 5.73 Å². The highest BCUT2D eigenvalue weighted by molar-refractivity contribution is 6.34. The topological polar surface area (TPSA) is 106 Å². The van der Waals surface area contributed by atoms with Gasteiger partial charge in [0.25, 0.3) is 0 Å². The van der Waals surface area contributed by atoms with Gasteiger partial charge in [-0.2, -0.15) is 0 Å². The van der Waals surface area contributed by atoms with Gasteiger partial charge < -0.3 is 25.5 Å². The molecule has 74 valence electrons. The van der Waals surface area contributed by atoms with Crippen molar-refractivity contribution in [1.82, 2.24) is 0 Å². The molecule has 0 aromatic heterocycles. The third-order valence-corrected chi connectivity index (χ3v) is 1.89. The zero-order chi connectivity index (χ0) is 10.9. The van der Waals surface area contributed by atoms with E-state index in [1.54, 1.807) is 0 Å². The van der Waals surface area contributed by atoms with E-state index in [0.29, 0.717) is 0 Å². The zero-order valence-corrected chi connectivity index (χ0v) is 7.50. The Morgan fingerprint density at radius 2 is 1.64 bits per heavy atom. The normalized spacial score (nSPS) is 9.79. The van der Waals surface area contributed by atoms with Crippen molar-refractivity contribution in [1.29, 1.82) is 0 Å². The lowest BCUT2D eigenvalue weighted by atomic mass is 10.1. The number of nitrogen functional groups attached to an aromatic ring is 1. The molecule has 0 aliphatic carbocycles. The first-order valence-electron chi connectivity index (χ1n) is 3.45. The Bertz CT molecular complexity index is 376. The van der Waals surface area contributed by atoms with Gasteiger partial charge in [-0.1, -0.05) is 11.6 Å². The minimum atomic E-state index is -1.52. The molecule has 0 aliphatic rings. The van der Waals surface area contributed by atoms with Crippen molar-refractivity contribution in [3.05, 3.63) is 28.3 Å². The van der Waals surface area contributed by atoms with Gasteiger partial charge in [0.1, 0.15) is 0 Å². The highest BCUT2D eigenvalue weighted by atomic mass is 35.5. The number of hydrogen-bond acceptors (Lipinski definition) is 5. The standard InChI is InChI=1S/C8H6ClNO4/c9-5-1-4(8(13)14)6(10)2-3(5)7(11)12/h1-2H,10H2,(H,11,12)(H,13,14)/p-2. The molecule has 0 aliphatic heterocycles. The Labute approximate surface area is 83.7 Å². The molecule has 1 aromatic carbocycles. The molecule has 0 spiro atoms. The highest BCUT2D eigenvalue weighted by Gasteiger charge is 2.07. The SMILES string of the molecule is Nc1cc(C(=O)[O-])c(Cl)cc1C(=O)[O-]. The monoisotopic (exact) mass is 213 g/mol. The van der Waals surface area contributed by atoms with Gasteiger partial charge in [-0.15, -0.1) is 0 Å². The summed E-state index contributed by atoms with van der Waals surface area (Å²) in [5.41, 5.74) is 4.33. The van der Waals surface area contributed by atoms with Crippen LogP contribution in [-0.2, 0) is 0 Å². The Balaban J connectivity index is 3.38. The van der Waals surface area contributed by atoms with Crippen molar-refractivity contribution in [2.45, 2.75) is 0 Å². The van der Waals surface area contributed by atoms with E-state index < -0.39 is 11.9 Å². The molecule has 14 heavy (non-hydrogen) atoms. The molecular formula is C8H4ClNO4-2. The quantitative estimate of drug-likeness (QED) is 0.612. The van der Waals surface area contributed by atoms with Crippen molar-refractivity contribution in [3.8, 4) is 0 Å². The van der Waals surface area contributed by atoms with E-state index in [0.717, 1.165) is 12.1 Å². The lowest BCUT2D eigenvalue weighted by molar-refractivity contribution is -0.256. The first kappa shape index (κ1) is 10.3. The molecule has 0 atom stereocenters. The van der Waals surface area contributed by atoms with E-state index in [9.17, 15) is 19.8 Å². The van der Waals surface area contributed by atoms with Crippen molar-refractivity contribution in [3.63, 3.8) is 0 Å². The third kappa shape index (κ3) is 1.77. The molecule has 2 N–H and O–H groups in total. The maximum Gasteiger partial charge on any atom is 0.0736 e. The molecule has 1 rings (SSSR count). The zero-order valence-electron chi connectivity index (χ0n) is 6.74. The average Bonchev–Trinajstić information content (AvgIpc) is 2.07. The second-order valence-corrected chi connectivity index (χ2v) is 2.90. The molecular weight excluding hydrogens is 210 g/mol. The summed E-state index contributed by atoms with van der Waals surface area (Å²) >= 11 is 5.47. The molecule has 0 unspecified atom stereocenters. The van der Waals surface area contributed by atoms with E-state index in [2.05, 4.69) is 0 Å². The minimum absolute atomic E-state index is 0.228. The Morgan fingerprint density at radius 1 is 1.14 bits per heavy atom. The van der Waals surface area contributed by atoms with E-state index in [4.69, 9.17) is 17.3 Å². The Kier molecular flexibility index (Phi) is 2.62. The van der Waals surface area contributed by atoms with Gasteiger partial charge in [0.2, 0.25) is 0 Å². The molecule has 1 aromatic rings. The number of rotatable bonds is 2. The van der Waals surface area contributed by atoms with Gasteiger partial charge in [0, 0.05) is 16.8 Å². The molecule has 0 amide bonds. The Morgan fingerprint density at radius 3 is 2.07 bits per heavy atom. The summed E-state index contributed by atoms with van der Waals surface area (Å²) < 4.78 is 0. The maximum absolute atomic E-state index is 10.4. The van der Waals surface area contributed by atoms with Crippen LogP contribution in [0.15, 0.2) is 12.1 Å². The van der Waals surface area contributed by atoms with Crippen molar-refractivity contribution < 1.29 is 19.8 Å². The van der Waals surface area contributed by atoms with Gasteiger partial charge in [-0.05, 0) is 12.1 Å². The summed E-state index contributed by atoms with van der Waals surface area (Å²) in [7, 11) is 0. The fourth-order valence-electron chi connectivity index (χ4n) is 0.923. The number of nitrogens with two attached hydrogens (primary N) is 1. The number of carboxylic acids is 2. The third-order valence-electron chi connectivity index (χ3n) is 1.58. The molecule has 6 heteroatoms. The van der Waals surface area contributed by atoms with Crippen LogP contribution in [0.4, 0.5) is 5.69 Å². The molecule has 0 fully saturated rings. The second-order valence-electron chi connectivity index (χ2n) is 2.49. The number of anilines is 1. The lowest BCUT2D eigenvalue weighted by Gasteiger charge is -2.11. The minimum Gasteiger partial charge on any atom is -0.545 e. The largest absolute Gasteiger partial charge is 0.545 e. The van der Waals surface area contributed by atoms with Gasteiger partial charge in [-0.3, -0.25) is 0 Å². The number of carbonyl (C=O) groups excluding carboxylic acids is 2. The van der Waals surface area contributed by atoms with Crippen LogP contribution in [-0.4, -0.2) is 11.9 Å². The maximum atomic E-state index is 10.4. The second kappa shape index (κ2) is 3.55. The van der Waals surface area contributed by atoms with E-state index in [-0.39, 0.29) is 21.8 Å².